The number of rotatable bonds is 2. The van der Waals surface area contributed by atoms with Crippen LogP contribution in [0.5, 0.6) is 0 Å². The van der Waals surface area contributed by atoms with E-state index in [2.05, 4.69) is 15.2 Å². The van der Waals surface area contributed by atoms with Gasteiger partial charge in [-0.3, -0.25) is 5.10 Å². The van der Waals surface area contributed by atoms with Gasteiger partial charge in [-0.1, -0.05) is 30.3 Å². The second kappa shape index (κ2) is 4.65. The SMILES string of the molecule is c1ccc(-c2n[nH]c(C3COCCO3)n2)cc1. The molecule has 1 saturated heterocycles. The van der Waals surface area contributed by atoms with Crippen LogP contribution in [0, 0.1) is 0 Å². The Balaban J connectivity index is 1.83. The smallest absolute Gasteiger partial charge is 0.181 e. The number of aromatic nitrogens is 3. The van der Waals surface area contributed by atoms with E-state index in [1.165, 1.54) is 0 Å². The summed E-state index contributed by atoms with van der Waals surface area (Å²) in [7, 11) is 0. The van der Waals surface area contributed by atoms with Gasteiger partial charge >= 0.3 is 0 Å². The summed E-state index contributed by atoms with van der Waals surface area (Å²) in [6.45, 7) is 1.78. The van der Waals surface area contributed by atoms with E-state index in [0.29, 0.717) is 25.6 Å². The largest absolute Gasteiger partial charge is 0.376 e. The predicted molar refractivity (Wildman–Crippen MR) is 61.3 cm³/mol. The molecular formula is C12H13N3O2. The molecule has 1 N–H and O–H groups in total. The third-order valence-corrected chi connectivity index (χ3v) is 2.66. The van der Waals surface area contributed by atoms with E-state index >= 15 is 0 Å². The van der Waals surface area contributed by atoms with Gasteiger partial charge in [-0.2, -0.15) is 5.10 Å². The molecule has 1 aromatic heterocycles. The number of hydrogen-bond donors (Lipinski definition) is 1. The van der Waals surface area contributed by atoms with Crippen LogP contribution in [0.15, 0.2) is 30.3 Å². The Bertz CT molecular complexity index is 478. The van der Waals surface area contributed by atoms with Crippen LogP contribution in [0.4, 0.5) is 0 Å². The van der Waals surface area contributed by atoms with Crippen LogP contribution < -0.4 is 0 Å². The number of hydrogen-bond acceptors (Lipinski definition) is 4. The maximum Gasteiger partial charge on any atom is 0.181 e. The predicted octanol–water partition coefficient (Wildman–Crippen LogP) is 1.56. The molecule has 17 heavy (non-hydrogen) atoms. The number of nitrogens with one attached hydrogen (secondary N) is 1. The molecule has 1 aromatic carbocycles. The van der Waals surface area contributed by atoms with E-state index in [4.69, 9.17) is 9.47 Å². The van der Waals surface area contributed by atoms with E-state index < -0.39 is 0 Å². The monoisotopic (exact) mass is 231 g/mol. The second-order valence-corrected chi connectivity index (χ2v) is 3.84. The summed E-state index contributed by atoms with van der Waals surface area (Å²) in [5.74, 6) is 1.42. The molecule has 0 aliphatic carbocycles. The third-order valence-electron chi connectivity index (χ3n) is 2.66. The molecule has 1 aliphatic heterocycles. The molecule has 0 saturated carbocycles. The fourth-order valence-corrected chi connectivity index (χ4v) is 1.78. The Morgan fingerprint density at radius 1 is 1.18 bits per heavy atom. The highest BCUT2D eigenvalue weighted by Crippen LogP contribution is 2.20. The van der Waals surface area contributed by atoms with Crippen molar-refractivity contribution in [2.75, 3.05) is 19.8 Å². The highest BCUT2D eigenvalue weighted by atomic mass is 16.6. The van der Waals surface area contributed by atoms with Gasteiger partial charge in [0.05, 0.1) is 19.8 Å². The van der Waals surface area contributed by atoms with Crippen molar-refractivity contribution in [3.63, 3.8) is 0 Å². The van der Waals surface area contributed by atoms with Crippen molar-refractivity contribution < 1.29 is 9.47 Å². The summed E-state index contributed by atoms with van der Waals surface area (Å²) in [5, 5.41) is 7.10. The van der Waals surface area contributed by atoms with Crippen LogP contribution in [0.3, 0.4) is 0 Å². The first-order valence-corrected chi connectivity index (χ1v) is 5.60. The lowest BCUT2D eigenvalue weighted by Gasteiger charge is -2.20. The first-order chi connectivity index (χ1) is 8.43. The topological polar surface area (TPSA) is 60.0 Å². The van der Waals surface area contributed by atoms with Crippen LogP contribution in [-0.4, -0.2) is 35.0 Å². The summed E-state index contributed by atoms with van der Waals surface area (Å²) in [4.78, 5) is 4.43. The number of aromatic amines is 1. The molecule has 2 heterocycles. The molecule has 0 spiro atoms. The van der Waals surface area contributed by atoms with Gasteiger partial charge in [0.2, 0.25) is 0 Å². The zero-order valence-electron chi connectivity index (χ0n) is 9.30. The first kappa shape index (κ1) is 10.4. The zero-order chi connectivity index (χ0) is 11.5. The lowest BCUT2D eigenvalue weighted by molar-refractivity contribution is -0.0933. The van der Waals surface area contributed by atoms with E-state index in [0.717, 1.165) is 11.4 Å². The lowest BCUT2D eigenvalue weighted by Crippen LogP contribution is -2.22. The molecule has 0 bridgehead atoms. The molecule has 1 atom stereocenters. The summed E-state index contributed by atoms with van der Waals surface area (Å²) >= 11 is 0. The van der Waals surface area contributed by atoms with Crippen LogP contribution in [-0.2, 0) is 9.47 Å². The van der Waals surface area contributed by atoms with Crippen molar-refractivity contribution in [2.45, 2.75) is 6.10 Å². The van der Waals surface area contributed by atoms with E-state index in [1.807, 2.05) is 30.3 Å². The lowest BCUT2D eigenvalue weighted by atomic mass is 10.2. The minimum atomic E-state index is -0.131. The van der Waals surface area contributed by atoms with Crippen molar-refractivity contribution in [3.05, 3.63) is 36.2 Å². The Kier molecular flexibility index (Phi) is 2.85. The number of ether oxygens (including phenoxy) is 2. The Labute approximate surface area is 98.8 Å². The fraction of sp³-hybridized carbons (Fsp3) is 0.333. The second-order valence-electron chi connectivity index (χ2n) is 3.84. The Morgan fingerprint density at radius 2 is 2.06 bits per heavy atom. The van der Waals surface area contributed by atoms with Gasteiger partial charge in [0.25, 0.3) is 0 Å². The maximum atomic E-state index is 5.55. The quantitative estimate of drug-likeness (QED) is 0.852. The molecule has 2 aromatic rings. The molecule has 0 amide bonds. The molecule has 1 fully saturated rings. The van der Waals surface area contributed by atoms with Crippen molar-refractivity contribution >= 4 is 0 Å². The standard InChI is InChI=1S/C12H13N3O2/c1-2-4-9(5-3-1)11-13-12(15-14-11)10-8-16-6-7-17-10/h1-5,10H,6-8H2,(H,13,14,15). The minimum absolute atomic E-state index is 0.131. The van der Waals surface area contributed by atoms with Crippen LogP contribution >= 0.6 is 0 Å². The fourth-order valence-electron chi connectivity index (χ4n) is 1.78. The highest BCUT2D eigenvalue weighted by molar-refractivity contribution is 5.53. The van der Waals surface area contributed by atoms with Gasteiger partial charge in [-0.15, -0.1) is 0 Å². The highest BCUT2D eigenvalue weighted by Gasteiger charge is 2.20. The molecule has 3 rings (SSSR count). The number of nitrogens with zero attached hydrogens (tertiary/aromatic N) is 2. The third kappa shape index (κ3) is 2.20. The molecule has 5 nitrogen and oxygen atoms in total. The van der Waals surface area contributed by atoms with Gasteiger partial charge < -0.3 is 9.47 Å². The molecule has 88 valence electrons. The maximum absolute atomic E-state index is 5.55. The number of H-pyrrole nitrogens is 1. The summed E-state index contributed by atoms with van der Waals surface area (Å²) in [6.07, 6.45) is -0.131. The summed E-state index contributed by atoms with van der Waals surface area (Å²) in [5.41, 5.74) is 0.992. The van der Waals surface area contributed by atoms with Gasteiger partial charge in [0.15, 0.2) is 11.6 Å². The molecule has 0 radical (unpaired) electrons. The average molecular weight is 231 g/mol. The van der Waals surface area contributed by atoms with Crippen molar-refractivity contribution in [2.24, 2.45) is 0 Å². The normalized spacial score (nSPS) is 20.4. The Morgan fingerprint density at radius 3 is 2.82 bits per heavy atom. The Hall–Kier alpha value is -1.72. The van der Waals surface area contributed by atoms with Gasteiger partial charge in [-0.25, -0.2) is 4.98 Å². The zero-order valence-corrected chi connectivity index (χ0v) is 9.30. The van der Waals surface area contributed by atoms with Gasteiger partial charge in [0, 0.05) is 5.56 Å². The van der Waals surface area contributed by atoms with Crippen molar-refractivity contribution in [1.29, 1.82) is 0 Å². The first-order valence-electron chi connectivity index (χ1n) is 5.60. The van der Waals surface area contributed by atoms with Crippen LogP contribution in [0.25, 0.3) is 11.4 Å². The summed E-state index contributed by atoms with van der Waals surface area (Å²) < 4.78 is 10.9. The summed E-state index contributed by atoms with van der Waals surface area (Å²) in [6, 6.07) is 9.85. The molecule has 5 heteroatoms. The molecule has 1 unspecified atom stereocenters. The van der Waals surface area contributed by atoms with Crippen molar-refractivity contribution in [3.8, 4) is 11.4 Å². The van der Waals surface area contributed by atoms with E-state index in [1.54, 1.807) is 0 Å². The van der Waals surface area contributed by atoms with Crippen LogP contribution in [0.1, 0.15) is 11.9 Å². The van der Waals surface area contributed by atoms with E-state index in [9.17, 15) is 0 Å². The van der Waals surface area contributed by atoms with Crippen LogP contribution in [0.2, 0.25) is 0 Å². The van der Waals surface area contributed by atoms with E-state index in [-0.39, 0.29) is 6.10 Å². The number of benzene rings is 1. The minimum Gasteiger partial charge on any atom is -0.376 e. The van der Waals surface area contributed by atoms with Crippen molar-refractivity contribution in [1.82, 2.24) is 15.2 Å². The van der Waals surface area contributed by atoms with Gasteiger partial charge in [0.1, 0.15) is 6.10 Å². The molecule has 1 aliphatic rings. The molecular weight excluding hydrogens is 218 g/mol. The average Bonchev–Trinajstić information content (AvgIpc) is 2.90. The van der Waals surface area contributed by atoms with Gasteiger partial charge in [-0.05, 0) is 0 Å².